The van der Waals surface area contributed by atoms with Gasteiger partial charge < -0.3 is 10.8 Å². The van der Waals surface area contributed by atoms with E-state index in [1.807, 2.05) is 6.92 Å². The van der Waals surface area contributed by atoms with E-state index in [4.69, 9.17) is 5.73 Å². The Morgan fingerprint density at radius 2 is 1.38 bits per heavy atom. The summed E-state index contributed by atoms with van der Waals surface area (Å²) in [5.74, 6) is 0.396. The van der Waals surface area contributed by atoms with Crippen LogP contribution in [0.4, 0.5) is 0 Å². The van der Waals surface area contributed by atoms with Crippen LogP contribution in [0.2, 0.25) is 0 Å². The van der Waals surface area contributed by atoms with E-state index in [2.05, 4.69) is 33.8 Å². The smallest absolute Gasteiger partial charge is 0.183 e. The van der Waals surface area contributed by atoms with E-state index in [-0.39, 0.29) is 5.78 Å². The Labute approximate surface area is 179 Å². The maximum Gasteiger partial charge on any atom is 0.183 e. The number of phenolic OH excluding ortho intramolecular Hbond substituents is 1. The van der Waals surface area contributed by atoms with E-state index in [9.17, 15) is 9.90 Å². The number of aromatic hydroxyl groups is 1. The third kappa shape index (κ3) is 6.84. The summed E-state index contributed by atoms with van der Waals surface area (Å²) in [5.41, 5.74) is 9.56. The summed E-state index contributed by atoms with van der Waals surface area (Å²) < 4.78 is 0. The Bertz CT molecular complexity index is 638. The third-order valence-corrected chi connectivity index (χ3v) is 6.23. The van der Waals surface area contributed by atoms with Crippen molar-refractivity contribution in [3.63, 3.8) is 0 Å². The minimum Gasteiger partial charge on any atom is -0.507 e. The van der Waals surface area contributed by atoms with Gasteiger partial charge in [0.1, 0.15) is 5.75 Å². The van der Waals surface area contributed by atoms with Crippen LogP contribution in [0.1, 0.15) is 126 Å². The van der Waals surface area contributed by atoms with Gasteiger partial charge in [-0.3, -0.25) is 4.79 Å². The van der Waals surface area contributed by atoms with Crippen LogP contribution in [-0.2, 0) is 19.3 Å². The van der Waals surface area contributed by atoms with Gasteiger partial charge in [-0.1, -0.05) is 72.8 Å². The van der Waals surface area contributed by atoms with Crippen molar-refractivity contribution in [1.82, 2.24) is 0 Å². The number of benzene rings is 1. The normalized spacial score (nSPS) is 13.4. The number of hydrogen-bond donors (Lipinski definition) is 2. The molecule has 1 aromatic rings. The third-order valence-electron chi connectivity index (χ3n) is 6.23. The molecule has 3 nitrogen and oxygen atoms in total. The van der Waals surface area contributed by atoms with Crippen LogP contribution in [0.15, 0.2) is 6.07 Å². The van der Waals surface area contributed by atoms with E-state index in [1.165, 1.54) is 0 Å². The van der Waals surface area contributed by atoms with Gasteiger partial charge in [0, 0.05) is 11.1 Å². The van der Waals surface area contributed by atoms with Crippen LogP contribution in [0, 0.1) is 0 Å². The molecule has 29 heavy (non-hydrogen) atoms. The lowest BCUT2D eigenvalue weighted by atomic mass is 9.78. The Morgan fingerprint density at radius 3 is 1.90 bits per heavy atom. The van der Waals surface area contributed by atoms with Gasteiger partial charge in [-0.2, -0.15) is 0 Å². The highest BCUT2D eigenvalue weighted by atomic mass is 16.3. The molecular weight excluding hydrogens is 358 g/mol. The molecule has 0 saturated carbocycles. The van der Waals surface area contributed by atoms with E-state index >= 15 is 0 Å². The number of nitrogens with two attached hydrogens (primary N) is 1. The maximum atomic E-state index is 13.8. The summed E-state index contributed by atoms with van der Waals surface area (Å²) in [4.78, 5) is 13.8. The zero-order valence-electron chi connectivity index (χ0n) is 19.7. The van der Waals surface area contributed by atoms with Gasteiger partial charge in [-0.25, -0.2) is 0 Å². The topological polar surface area (TPSA) is 63.3 Å². The summed E-state index contributed by atoms with van der Waals surface area (Å²) in [5, 5.41) is 11.1. The van der Waals surface area contributed by atoms with Crippen molar-refractivity contribution in [2.75, 3.05) is 0 Å². The number of rotatable bonds is 15. The maximum absolute atomic E-state index is 13.8. The molecule has 0 heterocycles. The zero-order valence-corrected chi connectivity index (χ0v) is 19.7. The zero-order chi connectivity index (χ0) is 21.9. The fraction of sp³-hybridized carbons (Fsp3) is 0.731. The molecule has 0 bridgehead atoms. The first kappa shape index (κ1) is 25.7. The second kappa shape index (κ2) is 13.1. The fourth-order valence-electron chi connectivity index (χ4n) is 4.05. The number of Topliss-reactive ketones (excluding diaryl/α,β-unsaturated/α-hetero) is 1. The summed E-state index contributed by atoms with van der Waals surface area (Å²) in [6, 6.07) is 2.11. The van der Waals surface area contributed by atoms with Gasteiger partial charge in [-0.05, 0) is 62.5 Å². The van der Waals surface area contributed by atoms with Crippen LogP contribution in [0.5, 0.6) is 5.75 Å². The number of carbonyl (C=O) groups excluding carboxylic acids is 1. The van der Waals surface area contributed by atoms with Gasteiger partial charge in [-0.15, -0.1) is 0 Å². The Balaban J connectivity index is 3.59. The second-order valence-corrected chi connectivity index (χ2v) is 8.65. The minimum absolute atomic E-state index is 0.0444. The Morgan fingerprint density at radius 1 is 0.862 bits per heavy atom. The summed E-state index contributed by atoms with van der Waals surface area (Å²) in [6.45, 7) is 10.6. The predicted octanol–water partition coefficient (Wildman–Crippen LogP) is 6.90. The molecule has 0 aromatic heterocycles. The van der Waals surface area contributed by atoms with Crippen molar-refractivity contribution in [3.05, 3.63) is 28.3 Å². The molecule has 166 valence electrons. The molecule has 0 amide bonds. The molecule has 3 heteroatoms. The molecule has 0 saturated heterocycles. The van der Waals surface area contributed by atoms with Crippen LogP contribution in [-0.4, -0.2) is 16.4 Å². The molecule has 0 spiro atoms. The van der Waals surface area contributed by atoms with Crippen LogP contribution >= 0.6 is 0 Å². The number of phenols is 1. The monoisotopic (exact) mass is 403 g/mol. The molecule has 0 aliphatic rings. The summed E-state index contributed by atoms with van der Waals surface area (Å²) in [7, 11) is 0. The molecule has 3 N–H and O–H groups in total. The van der Waals surface area contributed by atoms with Gasteiger partial charge in [0.15, 0.2) is 5.78 Å². The molecule has 1 atom stereocenters. The number of hydrogen-bond acceptors (Lipinski definition) is 3. The van der Waals surface area contributed by atoms with Gasteiger partial charge in [0.05, 0.1) is 5.54 Å². The average molecular weight is 404 g/mol. The van der Waals surface area contributed by atoms with Crippen molar-refractivity contribution in [2.45, 2.75) is 124 Å². The molecule has 1 aromatic carbocycles. The van der Waals surface area contributed by atoms with E-state index in [0.717, 1.165) is 92.9 Å². The predicted molar refractivity (Wildman–Crippen MR) is 125 cm³/mol. The lowest BCUT2D eigenvalue weighted by molar-refractivity contribution is 0.0870. The second-order valence-electron chi connectivity index (χ2n) is 8.65. The SMILES string of the molecule is CCCCc1cc(CCCC)c(C(=O)C(N)(CC)CCCC)c(CCCC)c1O. The number of aryl methyl sites for hydroxylation is 2. The lowest BCUT2D eigenvalue weighted by Gasteiger charge is -2.30. The molecule has 0 radical (unpaired) electrons. The van der Waals surface area contributed by atoms with Crippen LogP contribution < -0.4 is 5.73 Å². The quantitative estimate of drug-likeness (QED) is 0.313. The van der Waals surface area contributed by atoms with Gasteiger partial charge in [0.2, 0.25) is 0 Å². The number of unbranched alkanes of at least 4 members (excludes halogenated alkanes) is 4. The molecule has 1 rings (SSSR count). The molecule has 0 aliphatic carbocycles. The fourth-order valence-corrected chi connectivity index (χ4v) is 4.05. The lowest BCUT2D eigenvalue weighted by Crippen LogP contribution is -2.48. The van der Waals surface area contributed by atoms with Crippen molar-refractivity contribution in [1.29, 1.82) is 0 Å². The average Bonchev–Trinajstić information content (AvgIpc) is 2.73. The van der Waals surface area contributed by atoms with Crippen molar-refractivity contribution < 1.29 is 9.90 Å². The van der Waals surface area contributed by atoms with Crippen molar-refractivity contribution >= 4 is 5.78 Å². The van der Waals surface area contributed by atoms with Gasteiger partial charge >= 0.3 is 0 Å². The van der Waals surface area contributed by atoms with Crippen LogP contribution in [0.3, 0.4) is 0 Å². The first-order chi connectivity index (χ1) is 13.9. The largest absolute Gasteiger partial charge is 0.507 e. The molecule has 1 unspecified atom stereocenters. The standard InChI is InChI=1S/C26H45NO2/c1-6-11-15-20-19-21(16-12-7-2)24(28)22(17-13-8-3)23(20)25(29)26(27,10-5)18-14-9-4/h19,28H,6-18,27H2,1-5H3. The van der Waals surface area contributed by atoms with Crippen molar-refractivity contribution in [3.8, 4) is 5.75 Å². The number of carbonyl (C=O) groups is 1. The van der Waals surface area contributed by atoms with Crippen LogP contribution in [0.25, 0.3) is 0 Å². The first-order valence-electron chi connectivity index (χ1n) is 12.1. The molecule has 0 fully saturated rings. The highest BCUT2D eigenvalue weighted by Gasteiger charge is 2.35. The minimum atomic E-state index is -0.838. The molecular formula is C26H45NO2. The van der Waals surface area contributed by atoms with E-state index in [1.54, 1.807) is 0 Å². The van der Waals surface area contributed by atoms with Gasteiger partial charge in [0.25, 0.3) is 0 Å². The summed E-state index contributed by atoms with van der Waals surface area (Å²) in [6.07, 6.45) is 12.1. The number of ketones is 1. The highest BCUT2D eigenvalue weighted by Crippen LogP contribution is 2.36. The Hall–Kier alpha value is -1.35. The molecule has 0 aliphatic heterocycles. The van der Waals surface area contributed by atoms with E-state index < -0.39 is 5.54 Å². The summed E-state index contributed by atoms with van der Waals surface area (Å²) >= 11 is 0. The van der Waals surface area contributed by atoms with E-state index in [0.29, 0.717) is 18.6 Å². The highest BCUT2D eigenvalue weighted by molar-refractivity contribution is 6.06. The first-order valence-corrected chi connectivity index (χ1v) is 12.1. The van der Waals surface area contributed by atoms with Crippen molar-refractivity contribution in [2.24, 2.45) is 5.73 Å². The Kier molecular flexibility index (Phi) is 11.6.